The lowest BCUT2D eigenvalue weighted by Crippen LogP contribution is -2.48. The van der Waals surface area contributed by atoms with Gasteiger partial charge in [0.05, 0.1) is 5.52 Å². The lowest BCUT2D eigenvalue weighted by Gasteiger charge is -2.36. The largest absolute Gasteiger partial charge is 0.368 e. The third kappa shape index (κ3) is 3.12. The number of fused-ring (bicyclic) bond motifs is 1. The Kier molecular flexibility index (Phi) is 4.51. The Morgan fingerprint density at radius 2 is 1.81 bits per heavy atom. The first-order chi connectivity index (χ1) is 12.7. The van der Waals surface area contributed by atoms with Crippen LogP contribution in [0.2, 0.25) is 5.02 Å². The zero-order valence-corrected chi connectivity index (χ0v) is 15.4. The second kappa shape index (κ2) is 6.96. The number of halogens is 1. The highest BCUT2D eigenvalue weighted by molar-refractivity contribution is 6.30. The van der Waals surface area contributed by atoms with Gasteiger partial charge in [0.2, 0.25) is 0 Å². The highest BCUT2D eigenvalue weighted by Gasteiger charge is 2.23. The van der Waals surface area contributed by atoms with Gasteiger partial charge in [0, 0.05) is 49.0 Å². The molecule has 7 heteroatoms. The van der Waals surface area contributed by atoms with E-state index in [9.17, 15) is 4.79 Å². The minimum Gasteiger partial charge on any atom is -0.368 e. The number of benzene rings is 2. The van der Waals surface area contributed by atoms with Gasteiger partial charge in [0.1, 0.15) is 5.52 Å². The van der Waals surface area contributed by atoms with E-state index in [1.165, 1.54) is 0 Å². The van der Waals surface area contributed by atoms with Crippen LogP contribution in [0.3, 0.4) is 0 Å². The minimum absolute atomic E-state index is 0.0497. The summed E-state index contributed by atoms with van der Waals surface area (Å²) in [5, 5.41) is 9.00. The molecular weight excluding hydrogens is 350 g/mol. The van der Waals surface area contributed by atoms with Gasteiger partial charge >= 0.3 is 0 Å². The zero-order valence-electron chi connectivity index (χ0n) is 14.6. The van der Waals surface area contributed by atoms with Gasteiger partial charge in [-0.1, -0.05) is 16.8 Å². The van der Waals surface area contributed by atoms with Crippen LogP contribution in [-0.4, -0.2) is 52.0 Å². The number of nitrogens with zero attached hydrogens (tertiary/aromatic N) is 5. The minimum atomic E-state index is 0.0497. The Balaban J connectivity index is 1.45. The molecule has 0 aliphatic carbocycles. The van der Waals surface area contributed by atoms with E-state index in [0.29, 0.717) is 18.7 Å². The number of aryl methyl sites for hydroxylation is 1. The summed E-state index contributed by atoms with van der Waals surface area (Å²) < 4.78 is 1.83. The Morgan fingerprint density at radius 3 is 2.50 bits per heavy atom. The molecule has 1 amide bonds. The van der Waals surface area contributed by atoms with Crippen molar-refractivity contribution in [2.45, 2.75) is 13.5 Å². The van der Waals surface area contributed by atoms with E-state index in [2.05, 4.69) is 15.2 Å². The first-order valence-corrected chi connectivity index (χ1v) is 9.16. The van der Waals surface area contributed by atoms with Crippen molar-refractivity contribution >= 4 is 34.2 Å². The van der Waals surface area contributed by atoms with Crippen LogP contribution >= 0.6 is 11.6 Å². The summed E-state index contributed by atoms with van der Waals surface area (Å²) in [6, 6.07) is 13.5. The van der Waals surface area contributed by atoms with Gasteiger partial charge in [0.15, 0.2) is 0 Å². The van der Waals surface area contributed by atoms with Crippen molar-refractivity contribution in [1.29, 1.82) is 0 Å². The molecule has 6 nitrogen and oxygen atoms in total. The third-order valence-corrected chi connectivity index (χ3v) is 5.07. The molecule has 0 spiro atoms. The number of aromatic nitrogens is 3. The van der Waals surface area contributed by atoms with Crippen molar-refractivity contribution in [1.82, 2.24) is 19.9 Å². The highest BCUT2D eigenvalue weighted by atomic mass is 35.5. The molecular formula is C19H20ClN5O. The number of hydrogen-bond donors (Lipinski definition) is 0. The monoisotopic (exact) mass is 369 g/mol. The Bertz CT molecular complexity index is 929. The number of carbonyl (C=O) groups is 1. The molecule has 26 heavy (non-hydrogen) atoms. The first kappa shape index (κ1) is 16.8. The lowest BCUT2D eigenvalue weighted by atomic mass is 10.1. The van der Waals surface area contributed by atoms with Crippen LogP contribution in [0.25, 0.3) is 11.0 Å². The maximum absolute atomic E-state index is 12.8. The normalized spacial score (nSPS) is 14.8. The van der Waals surface area contributed by atoms with Crippen molar-refractivity contribution in [3.8, 4) is 0 Å². The van der Waals surface area contributed by atoms with Crippen LogP contribution in [0, 0.1) is 0 Å². The van der Waals surface area contributed by atoms with Gasteiger partial charge in [-0.05, 0) is 49.4 Å². The van der Waals surface area contributed by atoms with E-state index in [-0.39, 0.29) is 5.91 Å². The summed E-state index contributed by atoms with van der Waals surface area (Å²) in [5.41, 5.74) is 3.52. The molecule has 1 aromatic heterocycles. The number of anilines is 1. The molecule has 2 heterocycles. The fourth-order valence-corrected chi connectivity index (χ4v) is 3.47. The van der Waals surface area contributed by atoms with Gasteiger partial charge in [-0.2, -0.15) is 0 Å². The summed E-state index contributed by atoms with van der Waals surface area (Å²) in [6.45, 7) is 5.79. The molecule has 1 fully saturated rings. The molecule has 134 valence electrons. The molecule has 0 N–H and O–H groups in total. The van der Waals surface area contributed by atoms with Crippen LogP contribution in [0.5, 0.6) is 0 Å². The summed E-state index contributed by atoms with van der Waals surface area (Å²) in [5.74, 6) is 0.0497. The number of piperazine rings is 1. The van der Waals surface area contributed by atoms with Crippen LogP contribution in [0.1, 0.15) is 17.3 Å². The molecule has 0 unspecified atom stereocenters. The highest BCUT2D eigenvalue weighted by Crippen LogP contribution is 2.21. The standard InChI is InChI=1S/C19H20ClN5O/c1-2-25-18-8-3-14(13-17(18)21-22-25)19(26)24-11-9-23(10-12-24)16-6-4-15(20)5-7-16/h3-8,13H,2,9-12H2,1H3. The van der Waals surface area contributed by atoms with E-state index in [0.717, 1.165) is 41.4 Å². The Morgan fingerprint density at radius 1 is 1.08 bits per heavy atom. The molecule has 0 radical (unpaired) electrons. The molecule has 1 aliphatic heterocycles. The van der Waals surface area contributed by atoms with E-state index in [1.54, 1.807) is 0 Å². The summed E-state index contributed by atoms with van der Waals surface area (Å²) >= 11 is 5.95. The topological polar surface area (TPSA) is 54.3 Å². The van der Waals surface area contributed by atoms with Crippen LogP contribution in [-0.2, 0) is 6.54 Å². The van der Waals surface area contributed by atoms with Crippen molar-refractivity contribution in [3.63, 3.8) is 0 Å². The average Bonchev–Trinajstić information content (AvgIpc) is 3.10. The molecule has 3 aromatic rings. The Hall–Kier alpha value is -2.60. The van der Waals surface area contributed by atoms with Gasteiger partial charge in [0.25, 0.3) is 5.91 Å². The third-order valence-electron chi connectivity index (χ3n) is 4.82. The van der Waals surface area contributed by atoms with Crippen LogP contribution in [0.15, 0.2) is 42.5 Å². The van der Waals surface area contributed by atoms with E-state index in [1.807, 2.05) is 59.0 Å². The number of amides is 1. The number of rotatable bonds is 3. The van der Waals surface area contributed by atoms with Gasteiger partial charge in [-0.3, -0.25) is 4.79 Å². The fourth-order valence-electron chi connectivity index (χ4n) is 3.34. The van der Waals surface area contributed by atoms with Gasteiger partial charge in [-0.25, -0.2) is 4.68 Å². The second-order valence-corrected chi connectivity index (χ2v) is 6.80. The predicted molar refractivity (Wildman–Crippen MR) is 103 cm³/mol. The molecule has 0 saturated carbocycles. The zero-order chi connectivity index (χ0) is 18.1. The van der Waals surface area contributed by atoms with Gasteiger partial charge in [-0.15, -0.1) is 5.10 Å². The SMILES string of the molecule is CCn1nnc2cc(C(=O)N3CCN(c4ccc(Cl)cc4)CC3)ccc21. The quantitative estimate of drug-likeness (QED) is 0.712. The van der Waals surface area contributed by atoms with E-state index < -0.39 is 0 Å². The maximum atomic E-state index is 12.8. The summed E-state index contributed by atoms with van der Waals surface area (Å²) in [7, 11) is 0. The van der Waals surface area contributed by atoms with Crippen molar-refractivity contribution in [2.24, 2.45) is 0 Å². The number of hydrogen-bond acceptors (Lipinski definition) is 4. The molecule has 0 atom stereocenters. The maximum Gasteiger partial charge on any atom is 0.254 e. The lowest BCUT2D eigenvalue weighted by molar-refractivity contribution is 0.0747. The van der Waals surface area contributed by atoms with Crippen molar-refractivity contribution in [3.05, 3.63) is 53.1 Å². The first-order valence-electron chi connectivity index (χ1n) is 8.79. The Labute approximate surface area is 156 Å². The second-order valence-electron chi connectivity index (χ2n) is 6.36. The fraction of sp³-hybridized carbons (Fsp3) is 0.316. The van der Waals surface area contributed by atoms with Gasteiger partial charge < -0.3 is 9.80 Å². The van der Waals surface area contributed by atoms with E-state index >= 15 is 0 Å². The van der Waals surface area contributed by atoms with E-state index in [4.69, 9.17) is 11.6 Å². The predicted octanol–water partition coefficient (Wildman–Crippen LogP) is 3.07. The number of carbonyl (C=O) groups excluding carboxylic acids is 1. The average molecular weight is 370 g/mol. The molecule has 0 bridgehead atoms. The summed E-state index contributed by atoms with van der Waals surface area (Å²) in [4.78, 5) is 17.0. The summed E-state index contributed by atoms with van der Waals surface area (Å²) in [6.07, 6.45) is 0. The van der Waals surface area contributed by atoms with Crippen LogP contribution < -0.4 is 4.90 Å². The van der Waals surface area contributed by atoms with Crippen molar-refractivity contribution < 1.29 is 4.79 Å². The molecule has 1 aliphatic rings. The molecule has 1 saturated heterocycles. The molecule has 2 aromatic carbocycles. The van der Waals surface area contributed by atoms with Crippen LogP contribution in [0.4, 0.5) is 5.69 Å². The van der Waals surface area contributed by atoms with Crippen molar-refractivity contribution in [2.75, 3.05) is 31.1 Å². The molecule has 4 rings (SSSR count). The smallest absolute Gasteiger partial charge is 0.254 e.